The molecule has 0 bridgehead atoms. The molecule has 0 fully saturated rings. The topological polar surface area (TPSA) is 46.5 Å². The molecule has 0 saturated carbocycles. The van der Waals surface area contributed by atoms with Crippen LogP contribution in [0.2, 0.25) is 16.6 Å². The first kappa shape index (κ1) is 20.9. The molecule has 0 aliphatic heterocycles. The summed E-state index contributed by atoms with van der Waals surface area (Å²) in [6.45, 7) is 17.7. The Hall–Kier alpha value is -1.05. The molecule has 0 spiro atoms. The predicted molar refractivity (Wildman–Crippen MR) is 95.4 cm³/mol. The SMILES string of the molecule is CC(=CC#CC(=O)O)CC(C)O[Si](C(C)C)(C(C)C)C(C)C. The Kier molecular flexibility index (Phi) is 8.73. The van der Waals surface area contributed by atoms with Gasteiger partial charge in [-0.05, 0) is 43.0 Å². The van der Waals surface area contributed by atoms with Crippen LogP contribution in [0.5, 0.6) is 0 Å². The summed E-state index contributed by atoms with van der Waals surface area (Å²) >= 11 is 0. The maximum absolute atomic E-state index is 10.4. The highest BCUT2D eigenvalue weighted by molar-refractivity contribution is 6.77. The van der Waals surface area contributed by atoms with Crippen LogP contribution in [0.15, 0.2) is 11.6 Å². The average molecular weight is 325 g/mol. The van der Waals surface area contributed by atoms with Crippen molar-refractivity contribution in [3.05, 3.63) is 11.6 Å². The minimum absolute atomic E-state index is 0.127. The molecule has 0 heterocycles. The zero-order valence-corrected chi connectivity index (χ0v) is 16.4. The number of hydrogen-bond donors (Lipinski definition) is 1. The summed E-state index contributed by atoms with van der Waals surface area (Å²) in [5.41, 5.74) is 2.74. The van der Waals surface area contributed by atoms with Crippen LogP contribution in [-0.4, -0.2) is 25.5 Å². The smallest absolute Gasteiger partial charge is 0.382 e. The Morgan fingerprint density at radius 2 is 1.55 bits per heavy atom. The number of carbonyl (C=O) groups is 1. The third kappa shape index (κ3) is 5.98. The fraction of sp³-hybridized carbons (Fsp3) is 0.722. The van der Waals surface area contributed by atoms with Crippen molar-refractivity contribution < 1.29 is 14.3 Å². The Balaban J connectivity index is 5.04. The number of allylic oxidation sites excluding steroid dienone is 1. The second kappa shape index (κ2) is 9.17. The van der Waals surface area contributed by atoms with Crippen LogP contribution in [0.1, 0.15) is 61.8 Å². The normalized spacial score (nSPS) is 14.2. The van der Waals surface area contributed by atoms with Gasteiger partial charge >= 0.3 is 5.97 Å². The van der Waals surface area contributed by atoms with Crippen LogP contribution in [0.25, 0.3) is 0 Å². The van der Waals surface area contributed by atoms with Gasteiger partial charge in [-0.25, -0.2) is 4.79 Å². The lowest BCUT2D eigenvalue weighted by atomic mass is 10.1. The maximum atomic E-state index is 10.4. The minimum Gasteiger partial charge on any atom is -0.472 e. The molecule has 1 unspecified atom stereocenters. The third-order valence-corrected chi connectivity index (χ3v) is 10.4. The molecule has 0 aliphatic rings. The quantitative estimate of drug-likeness (QED) is 0.530. The van der Waals surface area contributed by atoms with Crippen LogP contribution in [0, 0.1) is 11.8 Å². The van der Waals surface area contributed by atoms with Gasteiger partial charge in [0.25, 0.3) is 0 Å². The van der Waals surface area contributed by atoms with Crippen LogP contribution in [-0.2, 0) is 9.22 Å². The Morgan fingerprint density at radius 1 is 1.09 bits per heavy atom. The molecule has 1 N–H and O–H groups in total. The first-order valence-corrected chi connectivity index (χ1v) is 10.3. The summed E-state index contributed by atoms with van der Waals surface area (Å²) in [5.74, 6) is 3.58. The largest absolute Gasteiger partial charge is 0.472 e. The first-order chi connectivity index (χ1) is 10.0. The van der Waals surface area contributed by atoms with Crippen molar-refractivity contribution >= 4 is 14.3 Å². The van der Waals surface area contributed by atoms with Crippen molar-refractivity contribution in [2.45, 2.75) is 84.5 Å². The monoisotopic (exact) mass is 324 g/mol. The van der Waals surface area contributed by atoms with Crippen molar-refractivity contribution in [2.24, 2.45) is 0 Å². The van der Waals surface area contributed by atoms with E-state index in [0.29, 0.717) is 16.6 Å². The van der Waals surface area contributed by atoms with E-state index >= 15 is 0 Å². The molecule has 0 amide bonds. The lowest BCUT2D eigenvalue weighted by Gasteiger charge is -2.44. The highest BCUT2D eigenvalue weighted by Gasteiger charge is 2.45. The van der Waals surface area contributed by atoms with Gasteiger partial charge in [-0.3, -0.25) is 0 Å². The Bertz CT molecular complexity index is 431. The van der Waals surface area contributed by atoms with Gasteiger partial charge in [0.1, 0.15) is 0 Å². The molecule has 1 atom stereocenters. The number of hydrogen-bond acceptors (Lipinski definition) is 2. The molecule has 0 aliphatic carbocycles. The first-order valence-electron chi connectivity index (χ1n) is 8.11. The van der Waals surface area contributed by atoms with E-state index in [9.17, 15) is 4.79 Å². The van der Waals surface area contributed by atoms with E-state index in [4.69, 9.17) is 9.53 Å². The molecule has 0 aromatic heterocycles. The number of aliphatic carboxylic acids is 1. The zero-order chi connectivity index (χ0) is 17.5. The van der Waals surface area contributed by atoms with Crippen molar-refractivity contribution in [1.29, 1.82) is 0 Å². The molecule has 22 heavy (non-hydrogen) atoms. The number of rotatable bonds is 7. The van der Waals surface area contributed by atoms with Gasteiger partial charge in [0.2, 0.25) is 8.32 Å². The van der Waals surface area contributed by atoms with Crippen molar-refractivity contribution in [3.63, 3.8) is 0 Å². The summed E-state index contributed by atoms with van der Waals surface area (Å²) in [6, 6.07) is 0. The van der Waals surface area contributed by atoms with E-state index in [1.165, 1.54) is 0 Å². The Labute approximate surface area is 137 Å². The molecule has 3 nitrogen and oxygen atoms in total. The molecular weight excluding hydrogens is 292 g/mol. The van der Waals surface area contributed by atoms with E-state index < -0.39 is 14.3 Å². The van der Waals surface area contributed by atoms with Gasteiger partial charge in [0.05, 0.1) is 0 Å². The van der Waals surface area contributed by atoms with E-state index in [-0.39, 0.29) is 6.10 Å². The van der Waals surface area contributed by atoms with E-state index in [2.05, 4.69) is 60.3 Å². The van der Waals surface area contributed by atoms with Crippen molar-refractivity contribution in [3.8, 4) is 11.8 Å². The number of carboxylic acids is 1. The summed E-state index contributed by atoms with van der Waals surface area (Å²) in [6.07, 6.45) is 2.59. The third-order valence-electron chi connectivity index (χ3n) is 4.22. The van der Waals surface area contributed by atoms with E-state index in [1.807, 2.05) is 6.92 Å². The maximum Gasteiger partial charge on any atom is 0.382 e. The molecule has 0 saturated heterocycles. The highest BCUT2D eigenvalue weighted by atomic mass is 28.4. The van der Waals surface area contributed by atoms with Gasteiger partial charge in [0.15, 0.2) is 0 Å². The van der Waals surface area contributed by atoms with Crippen LogP contribution in [0.4, 0.5) is 0 Å². The number of carboxylic acid groups (broad SMARTS) is 1. The fourth-order valence-electron chi connectivity index (χ4n) is 3.53. The second-order valence-corrected chi connectivity index (χ2v) is 12.4. The molecule has 0 aromatic rings. The van der Waals surface area contributed by atoms with Gasteiger partial charge in [0, 0.05) is 12.0 Å². The molecule has 0 rings (SSSR count). The van der Waals surface area contributed by atoms with E-state index in [0.717, 1.165) is 12.0 Å². The van der Waals surface area contributed by atoms with Gasteiger partial charge < -0.3 is 9.53 Å². The van der Waals surface area contributed by atoms with Crippen LogP contribution < -0.4 is 0 Å². The van der Waals surface area contributed by atoms with Gasteiger partial charge in [-0.1, -0.05) is 53.0 Å². The molecule has 126 valence electrons. The summed E-state index contributed by atoms with van der Waals surface area (Å²) in [4.78, 5) is 10.4. The fourth-order valence-corrected chi connectivity index (χ4v) is 9.13. The van der Waals surface area contributed by atoms with Crippen LogP contribution in [0.3, 0.4) is 0 Å². The lowest BCUT2D eigenvalue weighted by Crippen LogP contribution is -2.49. The predicted octanol–water partition coefficient (Wildman–Crippen LogP) is 4.99. The van der Waals surface area contributed by atoms with Crippen LogP contribution >= 0.6 is 0 Å². The minimum atomic E-state index is -1.86. The van der Waals surface area contributed by atoms with Crippen molar-refractivity contribution in [2.75, 3.05) is 0 Å². The summed E-state index contributed by atoms with van der Waals surface area (Å²) in [7, 11) is -1.86. The summed E-state index contributed by atoms with van der Waals surface area (Å²) in [5, 5.41) is 8.52. The van der Waals surface area contributed by atoms with Crippen molar-refractivity contribution in [1.82, 2.24) is 0 Å². The average Bonchev–Trinajstić information content (AvgIpc) is 2.33. The second-order valence-electron chi connectivity index (χ2n) is 7.02. The molecular formula is C18H32O3Si. The van der Waals surface area contributed by atoms with Gasteiger partial charge in [-0.2, -0.15) is 0 Å². The zero-order valence-electron chi connectivity index (χ0n) is 15.4. The van der Waals surface area contributed by atoms with Gasteiger partial charge in [-0.15, -0.1) is 0 Å². The molecule has 0 aromatic carbocycles. The Morgan fingerprint density at radius 3 is 1.91 bits per heavy atom. The molecule has 4 heteroatoms. The highest BCUT2D eigenvalue weighted by Crippen LogP contribution is 2.43. The lowest BCUT2D eigenvalue weighted by molar-refractivity contribution is -0.130. The van der Waals surface area contributed by atoms with E-state index in [1.54, 1.807) is 6.08 Å². The standard InChI is InChI=1S/C18H32O3Si/c1-13(2)22(14(3)4,15(5)6)21-17(8)12-16(7)10-9-11-18(19)20/h10,13-15,17H,12H2,1-8H3,(H,19,20). The molecule has 0 radical (unpaired) electrons. The summed E-state index contributed by atoms with van der Waals surface area (Å²) < 4.78 is 6.65.